The lowest BCUT2D eigenvalue weighted by molar-refractivity contribution is -0.114. The van der Waals surface area contributed by atoms with Gasteiger partial charge in [0.25, 0.3) is 0 Å². The molecule has 1 N–H and O–H groups in total. The third-order valence-electron chi connectivity index (χ3n) is 2.16. The molecule has 0 aromatic carbocycles. The van der Waals surface area contributed by atoms with Crippen molar-refractivity contribution >= 4 is 17.4 Å². The van der Waals surface area contributed by atoms with E-state index in [-0.39, 0.29) is 5.91 Å². The zero-order valence-corrected chi connectivity index (χ0v) is 8.69. The van der Waals surface area contributed by atoms with Gasteiger partial charge in [0.05, 0.1) is 6.20 Å². The molecular formula is C10H12N4O. The Hall–Kier alpha value is -1.91. The number of carbonyl (C=O) groups excluding carboxylic acids is 1. The Balaban J connectivity index is 2.56. The van der Waals surface area contributed by atoms with Gasteiger partial charge < -0.3 is 5.32 Å². The highest BCUT2D eigenvalue weighted by atomic mass is 16.1. The van der Waals surface area contributed by atoms with E-state index in [2.05, 4.69) is 15.4 Å². The second kappa shape index (κ2) is 3.68. The lowest BCUT2D eigenvalue weighted by Gasteiger charge is -2.03. The van der Waals surface area contributed by atoms with Gasteiger partial charge in [-0.05, 0) is 12.5 Å². The molecule has 0 saturated carbocycles. The van der Waals surface area contributed by atoms with E-state index in [1.165, 1.54) is 6.92 Å². The molecule has 0 atom stereocenters. The summed E-state index contributed by atoms with van der Waals surface area (Å²) < 4.78 is 1.64. The van der Waals surface area contributed by atoms with Crippen LogP contribution in [-0.4, -0.2) is 20.5 Å². The van der Waals surface area contributed by atoms with E-state index in [4.69, 9.17) is 0 Å². The van der Waals surface area contributed by atoms with E-state index in [0.717, 1.165) is 17.6 Å². The maximum absolute atomic E-state index is 11.0. The lowest BCUT2D eigenvalue weighted by Crippen LogP contribution is -2.10. The summed E-state index contributed by atoms with van der Waals surface area (Å²) >= 11 is 0. The van der Waals surface area contributed by atoms with Gasteiger partial charge >= 0.3 is 0 Å². The first-order chi connectivity index (χ1) is 7.22. The van der Waals surface area contributed by atoms with Gasteiger partial charge in [0.1, 0.15) is 5.82 Å². The third kappa shape index (κ3) is 1.68. The molecule has 0 aliphatic heterocycles. The van der Waals surface area contributed by atoms with Crippen molar-refractivity contribution in [2.75, 3.05) is 5.32 Å². The van der Waals surface area contributed by atoms with Crippen molar-refractivity contribution in [3.05, 3.63) is 24.0 Å². The van der Waals surface area contributed by atoms with Crippen molar-refractivity contribution in [3.8, 4) is 0 Å². The van der Waals surface area contributed by atoms with Crippen LogP contribution in [0.5, 0.6) is 0 Å². The molecular weight excluding hydrogens is 192 g/mol. The highest BCUT2D eigenvalue weighted by Crippen LogP contribution is 2.13. The van der Waals surface area contributed by atoms with Crippen molar-refractivity contribution in [1.29, 1.82) is 0 Å². The van der Waals surface area contributed by atoms with Crippen LogP contribution in [0.25, 0.3) is 5.65 Å². The van der Waals surface area contributed by atoms with Gasteiger partial charge in [-0.3, -0.25) is 4.79 Å². The molecule has 2 heterocycles. The van der Waals surface area contributed by atoms with Crippen LogP contribution >= 0.6 is 0 Å². The first-order valence-corrected chi connectivity index (χ1v) is 4.81. The number of fused-ring (bicyclic) bond motifs is 1. The van der Waals surface area contributed by atoms with Crippen molar-refractivity contribution in [2.45, 2.75) is 20.3 Å². The van der Waals surface area contributed by atoms with Gasteiger partial charge in [-0.25, -0.2) is 4.98 Å². The van der Waals surface area contributed by atoms with Crippen LogP contribution in [0, 0.1) is 0 Å². The van der Waals surface area contributed by atoms with E-state index in [9.17, 15) is 4.79 Å². The summed E-state index contributed by atoms with van der Waals surface area (Å²) in [6, 6.07) is 1.72. The number of carbonyl (C=O) groups is 1. The largest absolute Gasteiger partial charge is 0.311 e. The van der Waals surface area contributed by atoms with E-state index >= 15 is 0 Å². The maximum atomic E-state index is 11.0. The molecule has 0 aliphatic carbocycles. The summed E-state index contributed by atoms with van der Waals surface area (Å²) in [7, 11) is 0. The van der Waals surface area contributed by atoms with Gasteiger partial charge in [0, 0.05) is 18.7 Å². The van der Waals surface area contributed by atoms with E-state index in [1.807, 2.05) is 6.92 Å². The monoisotopic (exact) mass is 204 g/mol. The van der Waals surface area contributed by atoms with Crippen molar-refractivity contribution in [2.24, 2.45) is 0 Å². The zero-order chi connectivity index (χ0) is 10.8. The van der Waals surface area contributed by atoms with Crippen LogP contribution in [-0.2, 0) is 11.2 Å². The number of rotatable bonds is 2. The summed E-state index contributed by atoms with van der Waals surface area (Å²) in [6.45, 7) is 3.51. The van der Waals surface area contributed by atoms with E-state index in [0.29, 0.717) is 5.82 Å². The van der Waals surface area contributed by atoms with Gasteiger partial charge in [0.2, 0.25) is 5.91 Å². The molecule has 1 amide bonds. The van der Waals surface area contributed by atoms with Gasteiger partial charge in [0.15, 0.2) is 5.65 Å². The van der Waals surface area contributed by atoms with Crippen molar-refractivity contribution < 1.29 is 4.79 Å². The Morgan fingerprint density at radius 3 is 3.07 bits per heavy atom. The minimum Gasteiger partial charge on any atom is -0.311 e. The van der Waals surface area contributed by atoms with Crippen LogP contribution in [0.4, 0.5) is 5.82 Å². The molecule has 15 heavy (non-hydrogen) atoms. The van der Waals surface area contributed by atoms with E-state index < -0.39 is 0 Å². The van der Waals surface area contributed by atoms with Gasteiger partial charge in [-0.1, -0.05) is 6.92 Å². The average molecular weight is 204 g/mol. The number of aromatic nitrogens is 3. The second-order valence-electron chi connectivity index (χ2n) is 3.27. The molecule has 0 saturated heterocycles. The lowest BCUT2D eigenvalue weighted by atomic mass is 10.3. The minimum atomic E-state index is -0.115. The van der Waals surface area contributed by atoms with Crippen LogP contribution < -0.4 is 5.32 Å². The average Bonchev–Trinajstić information content (AvgIpc) is 2.61. The molecule has 2 rings (SSSR count). The Bertz CT molecular complexity index is 503. The molecule has 0 aliphatic rings. The summed E-state index contributed by atoms with van der Waals surface area (Å²) in [6.07, 6.45) is 4.31. The molecule has 0 spiro atoms. The maximum Gasteiger partial charge on any atom is 0.222 e. The van der Waals surface area contributed by atoms with E-state index in [1.54, 1.807) is 23.0 Å². The fourth-order valence-corrected chi connectivity index (χ4v) is 1.46. The number of anilines is 1. The first-order valence-electron chi connectivity index (χ1n) is 4.81. The second-order valence-corrected chi connectivity index (χ2v) is 3.27. The third-order valence-corrected chi connectivity index (χ3v) is 2.16. The normalized spacial score (nSPS) is 10.5. The smallest absolute Gasteiger partial charge is 0.222 e. The quantitative estimate of drug-likeness (QED) is 0.800. The molecule has 5 heteroatoms. The Labute approximate surface area is 87.1 Å². The number of hydrogen-bond donors (Lipinski definition) is 1. The fourth-order valence-electron chi connectivity index (χ4n) is 1.46. The summed E-state index contributed by atoms with van der Waals surface area (Å²) in [5, 5.41) is 6.89. The predicted molar refractivity (Wildman–Crippen MR) is 56.7 cm³/mol. The Morgan fingerprint density at radius 1 is 1.60 bits per heavy atom. The number of aryl methyl sites for hydroxylation is 1. The summed E-state index contributed by atoms with van der Waals surface area (Å²) in [5.74, 6) is 0.531. The molecule has 78 valence electrons. The SMILES string of the molecule is CCc1cnn2c(NC(C)=O)ccnc12. The topological polar surface area (TPSA) is 59.3 Å². The summed E-state index contributed by atoms with van der Waals surface area (Å²) in [4.78, 5) is 15.2. The number of nitrogens with zero attached hydrogens (tertiary/aromatic N) is 3. The van der Waals surface area contributed by atoms with Crippen LogP contribution in [0.15, 0.2) is 18.5 Å². The number of hydrogen-bond acceptors (Lipinski definition) is 3. The molecule has 2 aromatic rings. The predicted octanol–water partition coefficient (Wildman–Crippen LogP) is 1.25. The van der Waals surface area contributed by atoms with Gasteiger partial charge in [-0.2, -0.15) is 9.61 Å². The van der Waals surface area contributed by atoms with Crippen LogP contribution in [0.3, 0.4) is 0 Å². The number of nitrogens with one attached hydrogen (secondary N) is 1. The fraction of sp³-hybridized carbons (Fsp3) is 0.300. The number of amides is 1. The first kappa shape index (κ1) is 9.64. The van der Waals surface area contributed by atoms with Crippen molar-refractivity contribution in [1.82, 2.24) is 14.6 Å². The summed E-state index contributed by atoms with van der Waals surface area (Å²) in [5.41, 5.74) is 1.87. The molecule has 5 nitrogen and oxygen atoms in total. The van der Waals surface area contributed by atoms with Gasteiger partial charge in [-0.15, -0.1) is 0 Å². The van der Waals surface area contributed by atoms with Crippen molar-refractivity contribution in [3.63, 3.8) is 0 Å². The zero-order valence-electron chi connectivity index (χ0n) is 8.69. The molecule has 0 radical (unpaired) electrons. The highest BCUT2D eigenvalue weighted by Gasteiger charge is 2.07. The molecule has 0 bridgehead atoms. The molecule has 0 fully saturated rings. The Morgan fingerprint density at radius 2 is 2.40 bits per heavy atom. The Kier molecular flexibility index (Phi) is 2.37. The minimum absolute atomic E-state index is 0.115. The van der Waals surface area contributed by atoms with Crippen LogP contribution in [0.2, 0.25) is 0 Å². The standard InChI is InChI=1S/C10H12N4O/c1-3-8-6-12-14-9(13-7(2)15)4-5-11-10(8)14/h4-6H,3H2,1-2H3,(H,13,15). The highest BCUT2D eigenvalue weighted by molar-refractivity contribution is 5.87. The molecule has 2 aromatic heterocycles. The molecule has 0 unspecified atom stereocenters. The van der Waals surface area contributed by atoms with Crippen LogP contribution in [0.1, 0.15) is 19.4 Å².